The molecule has 114 valence electrons. The fraction of sp³-hybridized carbons (Fsp3) is 0.0667. The molecule has 0 unspecified atom stereocenters. The van der Waals surface area contributed by atoms with E-state index in [1.54, 1.807) is 36.0 Å². The molecule has 4 nitrogen and oxygen atoms in total. The SMILES string of the molecule is CSc1ccc(NC(=S)Nc2ccc(C(N)=O)cc2)cc1Cl. The van der Waals surface area contributed by atoms with Gasteiger partial charge in [0.2, 0.25) is 5.91 Å². The number of carbonyl (C=O) groups excluding carboxylic acids is 1. The lowest BCUT2D eigenvalue weighted by molar-refractivity contribution is 0.100. The molecule has 0 aliphatic heterocycles. The largest absolute Gasteiger partial charge is 0.366 e. The van der Waals surface area contributed by atoms with E-state index in [-0.39, 0.29) is 0 Å². The van der Waals surface area contributed by atoms with Crippen LogP contribution < -0.4 is 16.4 Å². The van der Waals surface area contributed by atoms with E-state index in [9.17, 15) is 4.79 Å². The van der Waals surface area contributed by atoms with Crippen molar-refractivity contribution in [3.05, 3.63) is 53.1 Å². The van der Waals surface area contributed by atoms with E-state index in [2.05, 4.69) is 10.6 Å². The zero-order valence-electron chi connectivity index (χ0n) is 11.7. The lowest BCUT2D eigenvalue weighted by Gasteiger charge is -2.12. The summed E-state index contributed by atoms with van der Waals surface area (Å²) in [6, 6.07) is 12.4. The summed E-state index contributed by atoms with van der Waals surface area (Å²) in [5.41, 5.74) is 7.20. The zero-order chi connectivity index (χ0) is 16.1. The monoisotopic (exact) mass is 351 g/mol. The predicted molar refractivity (Wildman–Crippen MR) is 98.0 cm³/mol. The van der Waals surface area contributed by atoms with Crippen molar-refractivity contribution in [1.82, 2.24) is 0 Å². The first kappa shape index (κ1) is 16.6. The van der Waals surface area contributed by atoms with Gasteiger partial charge in [-0.25, -0.2) is 0 Å². The van der Waals surface area contributed by atoms with Crippen LogP contribution in [-0.4, -0.2) is 17.3 Å². The lowest BCUT2D eigenvalue weighted by Crippen LogP contribution is -2.19. The summed E-state index contributed by atoms with van der Waals surface area (Å²) in [6.45, 7) is 0. The molecule has 0 atom stereocenters. The van der Waals surface area contributed by atoms with E-state index in [1.165, 1.54) is 0 Å². The Balaban J connectivity index is 2.00. The first-order valence-corrected chi connectivity index (χ1v) is 8.32. The van der Waals surface area contributed by atoms with Crippen LogP contribution in [0.1, 0.15) is 10.4 Å². The van der Waals surface area contributed by atoms with Gasteiger partial charge in [0, 0.05) is 21.8 Å². The Morgan fingerprint density at radius 1 is 1.14 bits per heavy atom. The molecule has 0 aliphatic rings. The zero-order valence-corrected chi connectivity index (χ0v) is 14.1. The molecule has 0 radical (unpaired) electrons. The van der Waals surface area contributed by atoms with Crippen molar-refractivity contribution in [2.45, 2.75) is 4.90 Å². The fourth-order valence-electron chi connectivity index (χ4n) is 1.76. The molecule has 0 saturated carbocycles. The molecule has 2 aromatic rings. The van der Waals surface area contributed by atoms with Gasteiger partial charge in [-0.15, -0.1) is 11.8 Å². The predicted octanol–water partition coefficient (Wildman–Crippen LogP) is 3.97. The van der Waals surface area contributed by atoms with Crippen molar-refractivity contribution in [1.29, 1.82) is 0 Å². The third-order valence-corrected chi connectivity index (χ3v) is 4.26. The summed E-state index contributed by atoms with van der Waals surface area (Å²) < 4.78 is 0. The summed E-state index contributed by atoms with van der Waals surface area (Å²) in [4.78, 5) is 12.0. The van der Waals surface area contributed by atoms with Gasteiger partial charge in [0.25, 0.3) is 0 Å². The number of thioether (sulfide) groups is 1. The standard InChI is InChI=1S/C15H14ClN3OS2/c1-22-13-7-6-11(8-12(13)16)19-15(21)18-10-4-2-9(3-5-10)14(17)20/h2-8H,1H3,(H2,17,20)(H2,18,19,21). The Morgan fingerprint density at radius 3 is 2.27 bits per heavy atom. The molecule has 22 heavy (non-hydrogen) atoms. The van der Waals surface area contributed by atoms with Crippen LogP contribution in [0.4, 0.5) is 11.4 Å². The highest BCUT2D eigenvalue weighted by molar-refractivity contribution is 7.98. The summed E-state index contributed by atoms with van der Waals surface area (Å²) in [6.07, 6.45) is 1.97. The number of halogens is 1. The average molecular weight is 352 g/mol. The number of rotatable bonds is 4. The molecule has 0 fully saturated rings. The fourth-order valence-corrected chi connectivity index (χ4v) is 2.86. The Kier molecular flexibility index (Phi) is 5.65. The molecule has 0 aromatic heterocycles. The molecule has 7 heteroatoms. The third-order valence-electron chi connectivity index (χ3n) is 2.84. The molecule has 0 saturated heterocycles. The van der Waals surface area contributed by atoms with Gasteiger partial charge in [-0.3, -0.25) is 4.79 Å². The van der Waals surface area contributed by atoms with E-state index in [4.69, 9.17) is 29.6 Å². The second-order valence-electron chi connectivity index (χ2n) is 4.37. The van der Waals surface area contributed by atoms with Gasteiger partial charge >= 0.3 is 0 Å². The van der Waals surface area contributed by atoms with Crippen molar-refractivity contribution >= 4 is 58.0 Å². The minimum atomic E-state index is -0.462. The highest BCUT2D eigenvalue weighted by Gasteiger charge is 2.04. The van der Waals surface area contributed by atoms with Gasteiger partial charge in [0.1, 0.15) is 0 Å². The number of nitrogens with one attached hydrogen (secondary N) is 2. The maximum Gasteiger partial charge on any atom is 0.248 e. The van der Waals surface area contributed by atoms with E-state index in [1.807, 2.05) is 24.5 Å². The number of carbonyl (C=O) groups is 1. The Morgan fingerprint density at radius 2 is 1.73 bits per heavy atom. The molecule has 0 spiro atoms. The summed E-state index contributed by atoms with van der Waals surface area (Å²) in [7, 11) is 0. The summed E-state index contributed by atoms with van der Waals surface area (Å²) in [5, 5.41) is 7.18. The molecular weight excluding hydrogens is 338 g/mol. The Bertz CT molecular complexity index is 704. The van der Waals surface area contributed by atoms with Crippen LogP contribution in [0.15, 0.2) is 47.4 Å². The van der Waals surface area contributed by atoms with E-state index >= 15 is 0 Å². The van der Waals surface area contributed by atoms with Crippen molar-refractivity contribution in [2.24, 2.45) is 5.73 Å². The highest BCUT2D eigenvalue weighted by Crippen LogP contribution is 2.28. The molecule has 1 amide bonds. The molecule has 0 bridgehead atoms. The van der Waals surface area contributed by atoms with E-state index in [0.717, 1.165) is 16.3 Å². The van der Waals surface area contributed by atoms with Crippen LogP contribution in [0, 0.1) is 0 Å². The second kappa shape index (κ2) is 7.49. The number of anilines is 2. The number of thiocarbonyl (C=S) groups is 1. The van der Waals surface area contributed by atoms with Crippen LogP contribution in [0.5, 0.6) is 0 Å². The number of hydrogen-bond acceptors (Lipinski definition) is 3. The maximum atomic E-state index is 11.0. The Labute approximate surface area is 143 Å². The quantitative estimate of drug-likeness (QED) is 0.574. The molecule has 0 aliphatic carbocycles. The van der Waals surface area contributed by atoms with Gasteiger partial charge in [0.15, 0.2) is 5.11 Å². The normalized spacial score (nSPS) is 10.1. The van der Waals surface area contributed by atoms with Crippen LogP contribution in [0.3, 0.4) is 0 Å². The maximum absolute atomic E-state index is 11.0. The third kappa shape index (κ3) is 4.37. The van der Waals surface area contributed by atoms with Crippen molar-refractivity contribution in [3.63, 3.8) is 0 Å². The van der Waals surface area contributed by atoms with Crippen LogP contribution >= 0.6 is 35.6 Å². The van der Waals surface area contributed by atoms with E-state index < -0.39 is 5.91 Å². The van der Waals surface area contributed by atoms with Crippen LogP contribution in [0.25, 0.3) is 0 Å². The lowest BCUT2D eigenvalue weighted by atomic mass is 10.2. The van der Waals surface area contributed by atoms with Gasteiger partial charge in [-0.2, -0.15) is 0 Å². The first-order valence-electron chi connectivity index (χ1n) is 6.31. The van der Waals surface area contributed by atoms with Crippen molar-refractivity contribution in [2.75, 3.05) is 16.9 Å². The van der Waals surface area contributed by atoms with Crippen LogP contribution in [0.2, 0.25) is 5.02 Å². The number of nitrogens with two attached hydrogens (primary N) is 1. The molecule has 2 rings (SSSR count). The summed E-state index contributed by atoms with van der Waals surface area (Å²) >= 11 is 13.0. The number of amides is 1. The number of primary amides is 1. The van der Waals surface area contributed by atoms with Crippen molar-refractivity contribution < 1.29 is 4.79 Å². The number of hydrogen-bond donors (Lipinski definition) is 3. The summed E-state index contributed by atoms with van der Waals surface area (Å²) in [5.74, 6) is -0.462. The van der Waals surface area contributed by atoms with Gasteiger partial charge in [-0.1, -0.05) is 11.6 Å². The second-order valence-corrected chi connectivity index (χ2v) is 6.03. The molecular formula is C15H14ClN3OS2. The molecule has 4 N–H and O–H groups in total. The topological polar surface area (TPSA) is 67.2 Å². The van der Waals surface area contributed by atoms with Gasteiger partial charge in [0.05, 0.1) is 5.02 Å². The first-order chi connectivity index (χ1) is 10.5. The van der Waals surface area contributed by atoms with Gasteiger partial charge < -0.3 is 16.4 Å². The van der Waals surface area contributed by atoms with Gasteiger partial charge in [-0.05, 0) is 60.9 Å². The minimum absolute atomic E-state index is 0.430. The Hall–Kier alpha value is -1.76. The smallest absolute Gasteiger partial charge is 0.248 e. The highest BCUT2D eigenvalue weighted by atomic mass is 35.5. The van der Waals surface area contributed by atoms with Crippen molar-refractivity contribution in [3.8, 4) is 0 Å². The van der Waals surface area contributed by atoms with Crippen LogP contribution in [-0.2, 0) is 0 Å². The minimum Gasteiger partial charge on any atom is -0.366 e. The average Bonchev–Trinajstić information content (AvgIpc) is 2.48. The molecule has 0 heterocycles. The molecule has 2 aromatic carbocycles. The number of benzene rings is 2. The van der Waals surface area contributed by atoms with E-state index in [0.29, 0.717) is 15.7 Å².